The lowest BCUT2D eigenvalue weighted by molar-refractivity contribution is -0.140. The second-order valence-electron chi connectivity index (χ2n) is 10.1. The van der Waals surface area contributed by atoms with Gasteiger partial charge in [-0.2, -0.15) is 0 Å². The fourth-order valence-electron chi connectivity index (χ4n) is 3.86. The molecule has 0 saturated carbocycles. The second-order valence-corrected chi connectivity index (χ2v) is 11.5. The number of benzene rings is 3. The van der Waals surface area contributed by atoms with Gasteiger partial charge >= 0.3 is 0 Å². The Morgan fingerprint density at radius 1 is 0.917 bits per heavy atom. The molecule has 0 saturated heterocycles. The minimum absolute atomic E-state index is 0.0624. The van der Waals surface area contributed by atoms with Crippen LogP contribution in [0, 0.1) is 6.92 Å². The maximum Gasteiger partial charge on any atom is 0.243 e. The first-order valence-corrected chi connectivity index (χ1v) is 13.7. The Morgan fingerprint density at radius 3 is 2.22 bits per heavy atom. The highest BCUT2D eigenvalue weighted by Gasteiger charge is 2.32. The first-order valence-electron chi connectivity index (χ1n) is 12.1. The Morgan fingerprint density at radius 2 is 1.58 bits per heavy atom. The van der Waals surface area contributed by atoms with Crippen LogP contribution in [0.4, 0.5) is 0 Å². The van der Waals surface area contributed by atoms with Crippen molar-refractivity contribution in [2.75, 3.05) is 5.75 Å². The minimum atomic E-state index is -0.632. The van der Waals surface area contributed by atoms with Crippen LogP contribution in [0.5, 0.6) is 0 Å². The molecular formula is C30H35ClN2O2S. The van der Waals surface area contributed by atoms with Crippen LogP contribution in [0.15, 0.2) is 78.9 Å². The molecular weight excluding hydrogens is 488 g/mol. The summed E-state index contributed by atoms with van der Waals surface area (Å²) < 4.78 is 0. The van der Waals surface area contributed by atoms with Crippen molar-refractivity contribution in [1.82, 2.24) is 10.2 Å². The smallest absolute Gasteiger partial charge is 0.243 e. The molecule has 0 spiro atoms. The van der Waals surface area contributed by atoms with E-state index in [1.807, 2.05) is 107 Å². The molecule has 0 fully saturated rings. The molecule has 0 aliphatic heterocycles. The van der Waals surface area contributed by atoms with Crippen molar-refractivity contribution in [3.63, 3.8) is 0 Å². The van der Waals surface area contributed by atoms with Crippen LogP contribution in [0.3, 0.4) is 0 Å². The van der Waals surface area contributed by atoms with Crippen LogP contribution in [0.2, 0.25) is 5.02 Å². The minimum Gasteiger partial charge on any atom is -0.350 e. The highest BCUT2D eigenvalue weighted by atomic mass is 35.5. The molecule has 0 bridgehead atoms. The lowest BCUT2D eigenvalue weighted by Crippen LogP contribution is -2.54. The summed E-state index contributed by atoms with van der Waals surface area (Å²) in [4.78, 5) is 29.0. The molecule has 190 valence electrons. The van der Waals surface area contributed by atoms with Gasteiger partial charge in [-0.05, 0) is 56.5 Å². The Kier molecular flexibility index (Phi) is 10.0. The molecule has 4 nitrogen and oxygen atoms in total. The van der Waals surface area contributed by atoms with E-state index < -0.39 is 11.6 Å². The molecule has 3 aromatic carbocycles. The lowest BCUT2D eigenvalue weighted by atomic mass is 10.0. The molecule has 2 amide bonds. The number of nitrogens with zero attached hydrogens (tertiary/aromatic N) is 1. The zero-order valence-electron chi connectivity index (χ0n) is 21.5. The highest BCUT2D eigenvalue weighted by molar-refractivity contribution is 7.99. The van der Waals surface area contributed by atoms with E-state index in [2.05, 4.69) is 5.32 Å². The van der Waals surface area contributed by atoms with E-state index in [4.69, 9.17) is 11.6 Å². The fourth-order valence-corrected chi connectivity index (χ4v) is 4.93. The Labute approximate surface area is 224 Å². The molecule has 0 radical (unpaired) electrons. The molecule has 0 heterocycles. The zero-order chi connectivity index (χ0) is 26.1. The van der Waals surface area contributed by atoms with Crippen molar-refractivity contribution in [3.05, 3.63) is 106 Å². The molecule has 1 N–H and O–H groups in total. The van der Waals surface area contributed by atoms with Gasteiger partial charge in [0.25, 0.3) is 0 Å². The predicted octanol–water partition coefficient (Wildman–Crippen LogP) is 6.44. The number of nitrogens with one attached hydrogen (secondary N) is 1. The monoisotopic (exact) mass is 522 g/mol. The van der Waals surface area contributed by atoms with Crippen LogP contribution in [-0.2, 0) is 28.3 Å². The van der Waals surface area contributed by atoms with Crippen molar-refractivity contribution >= 4 is 35.2 Å². The van der Waals surface area contributed by atoms with Gasteiger partial charge in [-0.1, -0.05) is 83.9 Å². The Bertz CT molecular complexity index is 1140. The number of hydrogen-bond acceptors (Lipinski definition) is 3. The van der Waals surface area contributed by atoms with Gasteiger partial charge in [0.05, 0.1) is 5.75 Å². The van der Waals surface area contributed by atoms with Gasteiger partial charge in [0.2, 0.25) is 11.8 Å². The zero-order valence-corrected chi connectivity index (χ0v) is 23.0. The number of carbonyl (C=O) groups excluding carboxylic acids is 2. The highest BCUT2D eigenvalue weighted by Crippen LogP contribution is 2.20. The van der Waals surface area contributed by atoms with E-state index in [1.165, 1.54) is 11.8 Å². The largest absolute Gasteiger partial charge is 0.350 e. The van der Waals surface area contributed by atoms with E-state index >= 15 is 0 Å². The molecule has 1 unspecified atom stereocenters. The van der Waals surface area contributed by atoms with Gasteiger partial charge in [-0.15, -0.1) is 11.8 Å². The molecule has 0 aromatic heterocycles. The van der Waals surface area contributed by atoms with Gasteiger partial charge < -0.3 is 10.2 Å². The van der Waals surface area contributed by atoms with Crippen LogP contribution < -0.4 is 5.32 Å². The fraction of sp³-hybridized carbons (Fsp3) is 0.333. The summed E-state index contributed by atoms with van der Waals surface area (Å²) in [5.41, 5.74) is 3.82. The van der Waals surface area contributed by atoms with Gasteiger partial charge in [0.15, 0.2) is 0 Å². The Hall–Kier alpha value is -2.76. The summed E-state index contributed by atoms with van der Waals surface area (Å²) in [6.07, 6.45) is 0.444. The summed E-state index contributed by atoms with van der Waals surface area (Å²) in [5, 5.41) is 3.79. The number of halogens is 1. The van der Waals surface area contributed by atoms with Crippen molar-refractivity contribution in [1.29, 1.82) is 0 Å². The van der Waals surface area contributed by atoms with Crippen LogP contribution in [0.1, 0.15) is 43.0 Å². The third kappa shape index (κ3) is 9.03. The average molecular weight is 523 g/mol. The summed E-state index contributed by atoms with van der Waals surface area (Å²) in [6, 6.07) is 25.0. The van der Waals surface area contributed by atoms with Crippen LogP contribution >= 0.6 is 23.4 Å². The number of thioether (sulfide) groups is 1. The number of hydrogen-bond donors (Lipinski definition) is 1. The maximum atomic E-state index is 13.7. The molecule has 6 heteroatoms. The summed E-state index contributed by atoms with van der Waals surface area (Å²) in [6.45, 7) is 8.27. The molecule has 3 aromatic rings. The third-order valence-corrected chi connectivity index (χ3v) is 6.85. The molecule has 36 heavy (non-hydrogen) atoms. The van der Waals surface area contributed by atoms with Gasteiger partial charge in [-0.25, -0.2) is 0 Å². The molecule has 0 aliphatic carbocycles. The summed E-state index contributed by atoms with van der Waals surface area (Å²) >= 11 is 7.65. The molecule has 0 aliphatic rings. The van der Waals surface area contributed by atoms with E-state index in [9.17, 15) is 9.59 Å². The number of carbonyl (C=O) groups is 2. The van der Waals surface area contributed by atoms with E-state index in [-0.39, 0.29) is 17.6 Å². The third-order valence-electron chi connectivity index (χ3n) is 5.63. The molecule has 1 atom stereocenters. The average Bonchev–Trinajstić information content (AvgIpc) is 2.82. The lowest BCUT2D eigenvalue weighted by Gasteiger charge is -2.34. The normalized spacial score (nSPS) is 12.1. The number of rotatable bonds is 10. The number of amides is 2. The van der Waals surface area contributed by atoms with Crippen LogP contribution in [-0.4, -0.2) is 34.0 Å². The first kappa shape index (κ1) is 27.8. The van der Waals surface area contributed by atoms with Gasteiger partial charge in [0.1, 0.15) is 6.04 Å². The SMILES string of the molecule is Cc1ccc(CN(C(=O)CSCc2cccc(Cl)c2)C(Cc2ccccc2)C(=O)NC(C)(C)C)cc1. The van der Waals surface area contributed by atoms with Crippen molar-refractivity contribution in [3.8, 4) is 0 Å². The molecule has 3 rings (SSSR count). The van der Waals surface area contributed by atoms with Crippen molar-refractivity contribution in [2.45, 2.75) is 58.0 Å². The summed E-state index contributed by atoms with van der Waals surface area (Å²) in [5.74, 6) is 0.730. The van der Waals surface area contributed by atoms with Crippen molar-refractivity contribution in [2.24, 2.45) is 0 Å². The van der Waals surface area contributed by atoms with Crippen LogP contribution in [0.25, 0.3) is 0 Å². The van der Waals surface area contributed by atoms with Gasteiger partial charge in [0, 0.05) is 29.3 Å². The predicted molar refractivity (Wildman–Crippen MR) is 151 cm³/mol. The summed E-state index contributed by atoms with van der Waals surface area (Å²) in [7, 11) is 0. The van der Waals surface area contributed by atoms with E-state index in [0.29, 0.717) is 23.7 Å². The maximum absolute atomic E-state index is 13.7. The van der Waals surface area contributed by atoms with E-state index in [0.717, 1.165) is 22.3 Å². The van der Waals surface area contributed by atoms with E-state index in [1.54, 1.807) is 4.90 Å². The first-order chi connectivity index (χ1) is 17.1. The second kappa shape index (κ2) is 13.0. The number of aryl methyl sites for hydroxylation is 1. The van der Waals surface area contributed by atoms with Crippen molar-refractivity contribution < 1.29 is 9.59 Å². The quantitative estimate of drug-likeness (QED) is 0.333. The van der Waals surface area contributed by atoms with Gasteiger partial charge in [-0.3, -0.25) is 9.59 Å². The standard InChI is InChI=1S/C30H35ClN2O2S/c1-22-13-15-24(16-14-22)19-33(28(34)21-36-20-25-11-8-12-26(31)17-25)27(29(35)32-30(2,3)4)18-23-9-6-5-7-10-23/h5-17,27H,18-21H2,1-4H3,(H,32,35). The topological polar surface area (TPSA) is 49.4 Å². The Balaban J connectivity index is 1.86.